The van der Waals surface area contributed by atoms with Gasteiger partial charge < -0.3 is 25.8 Å². The van der Waals surface area contributed by atoms with E-state index in [0.29, 0.717) is 22.7 Å². The molecule has 7 heteroatoms. The summed E-state index contributed by atoms with van der Waals surface area (Å²) in [6, 6.07) is 13.8. The molecule has 0 radical (unpaired) electrons. The van der Waals surface area contributed by atoms with Gasteiger partial charge in [-0.3, -0.25) is 9.59 Å². The highest BCUT2D eigenvalue weighted by Gasteiger charge is 2.16. The predicted molar refractivity (Wildman–Crippen MR) is 100 cm³/mol. The summed E-state index contributed by atoms with van der Waals surface area (Å²) in [5, 5.41) is 5.54. The molecule has 0 aromatic heterocycles. The van der Waals surface area contributed by atoms with E-state index in [2.05, 4.69) is 10.6 Å². The molecule has 0 spiro atoms. The molecule has 2 aromatic carbocycles. The second kappa shape index (κ2) is 9.55. The van der Waals surface area contributed by atoms with Gasteiger partial charge >= 0.3 is 0 Å². The molecule has 2 rings (SSSR count). The lowest BCUT2D eigenvalue weighted by Gasteiger charge is -2.14. The van der Waals surface area contributed by atoms with Gasteiger partial charge in [-0.2, -0.15) is 0 Å². The SMILES string of the molecule is COc1ccc(NC(=O)c2ccccc2NC(=O)CC(CN)OC)cc1. The topological polar surface area (TPSA) is 103 Å². The fourth-order valence-electron chi connectivity index (χ4n) is 2.33. The van der Waals surface area contributed by atoms with Gasteiger partial charge in [0.1, 0.15) is 5.75 Å². The summed E-state index contributed by atoms with van der Waals surface area (Å²) in [4.78, 5) is 24.7. The number of benzene rings is 2. The first-order valence-corrected chi connectivity index (χ1v) is 8.14. The first-order valence-electron chi connectivity index (χ1n) is 8.14. The molecule has 0 heterocycles. The van der Waals surface area contributed by atoms with Crippen LogP contribution in [0.5, 0.6) is 5.75 Å². The van der Waals surface area contributed by atoms with E-state index in [9.17, 15) is 9.59 Å². The Kier molecular flexibility index (Phi) is 7.13. The van der Waals surface area contributed by atoms with Gasteiger partial charge in [-0.15, -0.1) is 0 Å². The van der Waals surface area contributed by atoms with Crippen molar-refractivity contribution in [3.05, 3.63) is 54.1 Å². The van der Waals surface area contributed by atoms with Crippen LogP contribution in [0, 0.1) is 0 Å². The van der Waals surface area contributed by atoms with Crippen LogP contribution < -0.4 is 21.1 Å². The Hall–Kier alpha value is -2.90. The standard InChI is InChI=1S/C19H23N3O4/c1-25-14-9-7-13(8-10-14)21-19(24)16-5-3-4-6-17(16)22-18(23)11-15(12-20)26-2/h3-10,15H,11-12,20H2,1-2H3,(H,21,24)(H,22,23). The molecular weight excluding hydrogens is 334 g/mol. The number of anilines is 2. The average molecular weight is 357 g/mol. The van der Waals surface area contributed by atoms with E-state index < -0.39 is 0 Å². The third-order valence-electron chi connectivity index (χ3n) is 3.80. The van der Waals surface area contributed by atoms with Gasteiger partial charge in [-0.25, -0.2) is 0 Å². The number of hydrogen-bond donors (Lipinski definition) is 3. The van der Waals surface area contributed by atoms with Crippen LogP contribution in [0.1, 0.15) is 16.8 Å². The quantitative estimate of drug-likeness (QED) is 0.672. The van der Waals surface area contributed by atoms with E-state index in [1.807, 2.05) is 0 Å². The zero-order valence-corrected chi connectivity index (χ0v) is 14.8. The largest absolute Gasteiger partial charge is 0.497 e. The first-order chi connectivity index (χ1) is 12.6. The maximum absolute atomic E-state index is 12.6. The minimum atomic E-state index is -0.365. The lowest BCUT2D eigenvalue weighted by Crippen LogP contribution is -2.28. The summed E-state index contributed by atoms with van der Waals surface area (Å²) < 4.78 is 10.2. The van der Waals surface area contributed by atoms with Crippen LogP contribution in [0.2, 0.25) is 0 Å². The van der Waals surface area contributed by atoms with Crippen molar-refractivity contribution >= 4 is 23.2 Å². The van der Waals surface area contributed by atoms with Crippen molar-refractivity contribution in [1.29, 1.82) is 0 Å². The van der Waals surface area contributed by atoms with Crippen LogP contribution in [0.3, 0.4) is 0 Å². The highest BCUT2D eigenvalue weighted by Crippen LogP contribution is 2.20. The van der Waals surface area contributed by atoms with E-state index in [0.717, 1.165) is 0 Å². The van der Waals surface area contributed by atoms with Gasteiger partial charge in [0.15, 0.2) is 0 Å². The molecule has 4 N–H and O–H groups in total. The van der Waals surface area contributed by atoms with E-state index in [1.54, 1.807) is 55.6 Å². The van der Waals surface area contributed by atoms with Gasteiger partial charge in [-0.1, -0.05) is 12.1 Å². The number of amides is 2. The Morgan fingerprint density at radius 3 is 2.35 bits per heavy atom. The van der Waals surface area contributed by atoms with Gasteiger partial charge in [0.05, 0.1) is 30.9 Å². The van der Waals surface area contributed by atoms with E-state index >= 15 is 0 Å². The molecular formula is C19H23N3O4. The molecule has 1 atom stereocenters. The fourth-order valence-corrected chi connectivity index (χ4v) is 2.33. The zero-order chi connectivity index (χ0) is 18.9. The predicted octanol–water partition coefficient (Wildman–Crippen LogP) is 2.25. The monoisotopic (exact) mass is 357 g/mol. The van der Waals surface area contributed by atoms with Gasteiger partial charge in [0.2, 0.25) is 5.91 Å². The van der Waals surface area contributed by atoms with Crippen LogP contribution >= 0.6 is 0 Å². The molecule has 0 bridgehead atoms. The van der Waals surface area contributed by atoms with Crippen molar-refractivity contribution in [3.8, 4) is 5.75 Å². The summed E-state index contributed by atoms with van der Waals surface area (Å²) in [5.41, 5.74) is 6.94. The number of ether oxygens (including phenoxy) is 2. The fraction of sp³-hybridized carbons (Fsp3) is 0.263. The van der Waals surface area contributed by atoms with Crippen molar-refractivity contribution in [3.63, 3.8) is 0 Å². The number of hydrogen-bond acceptors (Lipinski definition) is 5. The molecule has 0 saturated carbocycles. The van der Waals surface area contributed by atoms with Gasteiger partial charge in [-0.05, 0) is 36.4 Å². The molecule has 0 aliphatic heterocycles. The van der Waals surface area contributed by atoms with E-state index in [-0.39, 0.29) is 30.9 Å². The van der Waals surface area contributed by atoms with Gasteiger partial charge in [0.25, 0.3) is 5.91 Å². The minimum absolute atomic E-state index is 0.113. The molecule has 138 valence electrons. The van der Waals surface area contributed by atoms with Crippen LogP contribution in [-0.4, -0.2) is 38.7 Å². The molecule has 26 heavy (non-hydrogen) atoms. The van der Waals surface area contributed by atoms with Crippen LogP contribution in [0.15, 0.2) is 48.5 Å². The van der Waals surface area contributed by atoms with Crippen molar-refractivity contribution in [2.24, 2.45) is 5.73 Å². The van der Waals surface area contributed by atoms with E-state index in [4.69, 9.17) is 15.2 Å². The molecule has 2 aromatic rings. The van der Waals surface area contributed by atoms with Crippen LogP contribution in [0.4, 0.5) is 11.4 Å². The summed E-state index contributed by atoms with van der Waals surface area (Å²) in [6.07, 6.45) is -0.253. The summed E-state index contributed by atoms with van der Waals surface area (Å²) in [5.74, 6) is 0.100. The number of rotatable bonds is 8. The number of carbonyl (C=O) groups excluding carboxylic acids is 2. The maximum atomic E-state index is 12.6. The number of nitrogens with one attached hydrogen (secondary N) is 2. The Labute approximate surface area is 152 Å². The lowest BCUT2D eigenvalue weighted by molar-refractivity contribution is -0.118. The van der Waals surface area contributed by atoms with Crippen molar-refractivity contribution in [2.75, 3.05) is 31.4 Å². The Morgan fingerprint density at radius 1 is 1.04 bits per heavy atom. The third kappa shape index (κ3) is 5.30. The molecule has 0 aliphatic rings. The number of nitrogens with two attached hydrogens (primary N) is 1. The first kappa shape index (κ1) is 19.4. The Bertz CT molecular complexity index is 743. The summed E-state index contributed by atoms with van der Waals surface area (Å²) in [7, 11) is 3.08. The number of carbonyl (C=O) groups is 2. The summed E-state index contributed by atoms with van der Waals surface area (Å²) in [6.45, 7) is 0.240. The highest BCUT2D eigenvalue weighted by atomic mass is 16.5. The Balaban J connectivity index is 2.09. The molecule has 1 unspecified atom stereocenters. The van der Waals surface area contributed by atoms with Crippen molar-refractivity contribution in [1.82, 2.24) is 0 Å². The average Bonchev–Trinajstić information content (AvgIpc) is 2.67. The highest BCUT2D eigenvalue weighted by molar-refractivity contribution is 6.10. The summed E-state index contributed by atoms with van der Waals surface area (Å²) >= 11 is 0. The normalized spacial score (nSPS) is 11.5. The number of para-hydroxylation sites is 1. The number of methoxy groups -OCH3 is 2. The molecule has 7 nitrogen and oxygen atoms in total. The van der Waals surface area contributed by atoms with Crippen LogP contribution in [-0.2, 0) is 9.53 Å². The maximum Gasteiger partial charge on any atom is 0.257 e. The van der Waals surface area contributed by atoms with Crippen molar-refractivity contribution in [2.45, 2.75) is 12.5 Å². The second-order valence-electron chi connectivity index (χ2n) is 5.57. The molecule has 0 saturated heterocycles. The third-order valence-corrected chi connectivity index (χ3v) is 3.80. The van der Waals surface area contributed by atoms with Gasteiger partial charge in [0, 0.05) is 19.3 Å². The molecule has 2 amide bonds. The smallest absolute Gasteiger partial charge is 0.257 e. The van der Waals surface area contributed by atoms with Crippen LogP contribution in [0.25, 0.3) is 0 Å². The van der Waals surface area contributed by atoms with E-state index in [1.165, 1.54) is 7.11 Å². The molecule has 0 fully saturated rings. The molecule has 0 aliphatic carbocycles. The zero-order valence-electron chi connectivity index (χ0n) is 14.8. The second-order valence-corrected chi connectivity index (χ2v) is 5.57. The minimum Gasteiger partial charge on any atom is -0.497 e. The Morgan fingerprint density at radius 2 is 1.73 bits per heavy atom. The lowest BCUT2D eigenvalue weighted by atomic mass is 10.1. The van der Waals surface area contributed by atoms with Crippen molar-refractivity contribution < 1.29 is 19.1 Å².